The van der Waals surface area contributed by atoms with Crippen LogP contribution in [0.1, 0.15) is 87.3 Å². The minimum absolute atomic E-state index is 0.177. The van der Waals surface area contributed by atoms with Crippen LogP contribution < -0.4 is 14.4 Å². The van der Waals surface area contributed by atoms with E-state index in [1.807, 2.05) is 31.2 Å². The number of β-lactam (4-membered cyclic amide) rings is 1. The van der Waals surface area contributed by atoms with E-state index in [2.05, 4.69) is 4.72 Å². The molecule has 0 radical (unpaired) electrons. The van der Waals surface area contributed by atoms with Crippen LogP contribution in [0.2, 0.25) is 0 Å². The van der Waals surface area contributed by atoms with Crippen molar-refractivity contribution in [2.45, 2.75) is 77.0 Å². The Bertz CT molecular complexity index is 1810. The number of aliphatic hydroxyl groups excluding tert-OH is 2. The van der Waals surface area contributed by atoms with E-state index in [0.717, 1.165) is 24.7 Å². The third kappa shape index (κ3) is 10.8. The predicted octanol–water partition coefficient (Wildman–Crippen LogP) is 5.02. The minimum Gasteiger partial charge on any atom is -0.493 e. The topological polar surface area (TPSA) is 169 Å². The molecule has 1 aliphatic rings. The number of hydrogen-bond acceptors (Lipinski definition) is 10. The molecule has 12 nitrogen and oxygen atoms in total. The zero-order chi connectivity index (χ0) is 38.8. The Morgan fingerprint density at radius 1 is 0.981 bits per heavy atom. The van der Waals surface area contributed by atoms with Crippen molar-refractivity contribution in [2.75, 3.05) is 37.5 Å². The van der Waals surface area contributed by atoms with Gasteiger partial charge >= 0.3 is 11.9 Å². The molecule has 1 heterocycles. The molecule has 0 saturated carbocycles. The first-order valence-electron chi connectivity index (χ1n) is 17.7. The minimum atomic E-state index is -3.29. The van der Waals surface area contributed by atoms with E-state index in [0.29, 0.717) is 60.5 Å². The molecule has 0 bridgehead atoms. The summed E-state index contributed by atoms with van der Waals surface area (Å²) in [6.45, 7) is 3.73. The molecule has 3 atom stereocenters. The summed E-state index contributed by atoms with van der Waals surface area (Å²) < 4.78 is 56.4. The Hall–Kier alpha value is -4.37. The van der Waals surface area contributed by atoms with Gasteiger partial charge in [-0.25, -0.2) is 17.5 Å². The molecule has 3 N–H and O–H groups in total. The number of nitrogens with one attached hydrogen (secondary N) is 1. The predicted molar refractivity (Wildman–Crippen MR) is 196 cm³/mol. The standard InChI is InChI=1S/C39H49FN2O10S/c1-5-6-22-50-36-23-30(39(24-43,25-44)52-27(3)46)13-18-33(36)37-34(19-20-35(51-26(2)45)29-11-14-31(40)15-12-29)38(47)42(37)32-16-9-28(10-17-32)8-7-21-41-53(4,48)49/h9-18,23,34-35,37,41,43-44H,5-8,19-22,24-25H2,1-4H3/t34?,35-,37+/m0/s1. The normalized spacial score (nSPS) is 16.5. The summed E-state index contributed by atoms with van der Waals surface area (Å²) in [6.07, 6.45) is 3.69. The third-order valence-corrected chi connectivity index (χ3v) is 9.92. The molecule has 1 fully saturated rings. The van der Waals surface area contributed by atoms with Crippen molar-refractivity contribution < 1.29 is 51.6 Å². The summed E-state index contributed by atoms with van der Waals surface area (Å²) in [7, 11) is -3.29. The van der Waals surface area contributed by atoms with Crippen molar-refractivity contribution in [1.82, 2.24) is 4.72 Å². The average Bonchev–Trinajstić information content (AvgIpc) is 3.11. The maximum Gasteiger partial charge on any atom is 0.303 e. The highest BCUT2D eigenvalue weighted by molar-refractivity contribution is 7.88. The van der Waals surface area contributed by atoms with Crippen LogP contribution in [0.25, 0.3) is 0 Å². The summed E-state index contributed by atoms with van der Waals surface area (Å²) >= 11 is 0. The number of anilines is 1. The molecule has 3 aromatic carbocycles. The van der Waals surface area contributed by atoms with E-state index in [9.17, 15) is 37.4 Å². The van der Waals surface area contributed by atoms with Crippen LogP contribution in [-0.4, -0.2) is 69.1 Å². The van der Waals surface area contributed by atoms with Gasteiger partial charge < -0.3 is 29.3 Å². The molecule has 1 unspecified atom stereocenters. The molecule has 14 heteroatoms. The van der Waals surface area contributed by atoms with Gasteiger partial charge in [0.2, 0.25) is 15.9 Å². The van der Waals surface area contributed by atoms with Gasteiger partial charge in [-0.1, -0.05) is 49.7 Å². The van der Waals surface area contributed by atoms with Gasteiger partial charge in [-0.3, -0.25) is 14.4 Å². The number of rotatable bonds is 20. The first-order valence-corrected chi connectivity index (χ1v) is 19.6. The molecule has 0 aromatic heterocycles. The van der Waals surface area contributed by atoms with E-state index in [1.165, 1.54) is 26.0 Å². The number of hydrogen-bond donors (Lipinski definition) is 3. The number of nitrogens with zero attached hydrogens (tertiary/aromatic N) is 1. The second-order valence-electron chi connectivity index (χ2n) is 13.3. The summed E-state index contributed by atoms with van der Waals surface area (Å²) in [5.41, 5.74) is 1.38. The number of unbranched alkanes of at least 4 members (excludes halogenated alkanes) is 1. The highest BCUT2D eigenvalue weighted by Crippen LogP contribution is 2.49. The largest absolute Gasteiger partial charge is 0.493 e. The van der Waals surface area contributed by atoms with Crippen LogP contribution in [-0.2, 0) is 45.9 Å². The molecule has 288 valence electrons. The van der Waals surface area contributed by atoms with Crippen molar-refractivity contribution in [2.24, 2.45) is 5.92 Å². The van der Waals surface area contributed by atoms with E-state index in [1.54, 1.807) is 35.2 Å². The fraction of sp³-hybridized carbons (Fsp3) is 0.462. The number of halogens is 1. The number of esters is 2. The van der Waals surface area contributed by atoms with E-state index < -0.39 is 64.7 Å². The molecule has 1 amide bonds. The number of carbonyl (C=O) groups excluding carboxylic acids is 3. The molecular weight excluding hydrogens is 707 g/mol. The Labute approximate surface area is 310 Å². The number of sulfonamides is 1. The Morgan fingerprint density at radius 3 is 2.25 bits per heavy atom. The fourth-order valence-corrected chi connectivity index (χ4v) is 7.01. The van der Waals surface area contributed by atoms with Crippen LogP contribution in [0.4, 0.5) is 10.1 Å². The van der Waals surface area contributed by atoms with Crippen LogP contribution >= 0.6 is 0 Å². The fourth-order valence-electron chi connectivity index (χ4n) is 6.49. The lowest BCUT2D eigenvalue weighted by atomic mass is 9.77. The molecule has 0 spiro atoms. The highest BCUT2D eigenvalue weighted by Gasteiger charge is 2.50. The average molecular weight is 757 g/mol. The molecule has 0 aliphatic carbocycles. The molecule has 53 heavy (non-hydrogen) atoms. The van der Waals surface area contributed by atoms with Crippen molar-refractivity contribution in [1.29, 1.82) is 0 Å². The molecule has 4 rings (SSSR count). The van der Waals surface area contributed by atoms with E-state index in [-0.39, 0.29) is 12.3 Å². The van der Waals surface area contributed by atoms with Crippen molar-refractivity contribution >= 4 is 33.6 Å². The van der Waals surface area contributed by atoms with Gasteiger partial charge in [0.25, 0.3) is 0 Å². The zero-order valence-corrected chi connectivity index (χ0v) is 31.4. The van der Waals surface area contributed by atoms with Gasteiger partial charge in [0.1, 0.15) is 17.7 Å². The number of ether oxygens (including phenoxy) is 3. The third-order valence-electron chi connectivity index (χ3n) is 9.19. The second kappa shape index (κ2) is 18.6. The SMILES string of the molecule is CCCCOc1cc(C(CO)(CO)OC(C)=O)ccc1[C@@H]1C(CC[C@H](OC(C)=O)c2ccc(F)cc2)C(=O)N1c1ccc(CCCNS(C)(=O)=O)cc1. The van der Waals surface area contributed by atoms with E-state index >= 15 is 0 Å². The molecular formula is C39H49FN2O10S. The monoisotopic (exact) mass is 756 g/mol. The highest BCUT2D eigenvalue weighted by atomic mass is 32.2. The van der Waals surface area contributed by atoms with Crippen molar-refractivity contribution in [3.8, 4) is 5.75 Å². The van der Waals surface area contributed by atoms with Crippen LogP contribution in [0.15, 0.2) is 66.7 Å². The van der Waals surface area contributed by atoms with Gasteiger partial charge in [-0.15, -0.1) is 0 Å². The quantitative estimate of drug-likeness (QED) is 0.0809. The molecule has 1 saturated heterocycles. The smallest absolute Gasteiger partial charge is 0.303 e. The lowest BCUT2D eigenvalue weighted by molar-refractivity contribution is -0.169. The lowest BCUT2D eigenvalue weighted by Crippen LogP contribution is -2.55. The number of aliphatic hydroxyl groups is 2. The summed E-state index contributed by atoms with van der Waals surface area (Å²) in [5.74, 6) is -2.04. The zero-order valence-electron chi connectivity index (χ0n) is 30.5. The number of carbonyl (C=O) groups is 3. The van der Waals surface area contributed by atoms with E-state index in [4.69, 9.17) is 14.2 Å². The van der Waals surface area contributed by atoms with Gasteiger partial charge in [-0.05, 0) is 73.6 Å². The number of amides is 1. The summed E-state index contributed by atoms with van der Waals surface area (Å²) in [6, 6.07) is 17.5. The Morgan fingerprint density at radius 2 is 1.66 bits per heavy atom. The van der Waals surface area contributed by atoms with Crippen molar-refractivity contribution in [3.05, 3.63) is 94.8 Å². The molecule has 1 aliphatic heterocycles. The van der Waals surface area contributed by atoms with Crippen LogP contribution in [0.3, 0.4) is 0 Å². The Kier molecular flexibility index (Phi) is 14.5. The van der Waals surface area contributed by atoms with Gasteiger partial charge in [0, 0.05) is 37.2 Å². The maximum absolute atomic E-state index is 14.1. The Balaban J connectivity index is 1.73. The first-order chi connectivity index (χ1) is 25.2. The van der Waals surface area contributed by atoms with Crippen LogP contribution in [0.5, 0.6) is 5.75 Å². The first kappa shape index (κ1) is 41.4. The summed E-state index contributed by atoms with van der Waals surface area (Å²) in [4.78, 5) is 39.9. The van der Waals surface area contributed by atoms with Crippen LogP contribution in [0, 0.1) is 11.7 Å². The molecule has 3 aromatic rings. The number of benzene rings is 3. The van der Waals surface area contributed by atoms with Crippen molar-refractivity contribution in [3.63, 3.8) is 0 Å². The second-order valence-corrected chi connectivity index (χ2v) is 15.1. The van der Waals surface area contributed by atoms with Gasteiger partial charge in [0.15, 0.2) is 5.60 Å². The lowest BCUT2D eigenvalue weighted by Gasteiger charge is -2.48. The maximum atomic E-state index is 14.1. The van der Waals surface area contributed by atoms with Gasteiger partial charge in [0.05, 0.1) is 38.0 Å². The van der Waals surface area contributed by atoms with Gasteiger partial charge in [-0.2, -0.15) is 0 Å². The summed E-state index contributed by atoms with van der Waals surface area (Å²) in [5, 5.41) is 20.6. The number of aryl methyl sites for hydroxylation is 1.